The van der Waals surface area contributed by atoms with Crippen LogP contribution >= 0.6 is 0 Å². The molecule has 0 unspecified atom stereocenters. The van der Waals surface area contributed by atoms with Gasteiger partial charge in [0.2, 0.25) is 5.91 Å². The second-order valence-corrected chi connectivity index (χ2v) is 8.47. The summed E-state index contributed by atoms with van der Waals surface area (Å²) in [5.41, 5.74) is 2.27. The molecule has 0 radical (unpaired) electrons. The van der Waals surface area contributed by atoms with Gasteiger partial charge >= 0.3 is 6.01 Å². The zero-order valence-corrected chi connectivity index (χ0v) is 17.4. The van der Waals surface area contributed by atoms with E-state index in [4.69, 9.17) is 4.74 Å². The number of rotatable bonds is 5. The number of hydrogen-bond acceptors (Lipinski definition) is 5. The molecule has 0 saturated carbocycles. The van der Waals surface area contributed by atoms with Crippen LogP contribution in [0.25, 0.3) is 0 Å². The van der Waals surface area contributed by atoms with Crippen molar-refractivity contribution < 1.29 is 9.53 Å². The highest BCUT2D eigenvalue weighted by molar-refractivity contribution is 5.78. The average Bonchev–Trinajstić information content (AvgIpc) is 3.12. The second kappa shape index (κ2) is 8.47. The van der Waals surface area contributed by atoms with E-state index in [-0.39, 0.29) is 17.4 Å². The molecule has 2 atom stereocenters. The molecule has 3 aromatic rings. The largest absolute Gasteiger partial charge is 0.424 e. The molecule has 158 valence electrons. The summed E-state index contributed by atoms with van der Waals surface area (Å²) in [6.45, 7) is 2.57. The lowest BCUT2D eigenvalue weighted by atomic mass is 9.76. The van der Waals surface area contributed by atoms with Gasteiger partial charge in [0.25, 0.3) is 0 Å². The lowest BCUT2D eigenvalue weighted by Gasteiger charge is -2.39. The fourth-order valence-electron chi connectivity index (χ4n) is 4.99. The number of amides is 1. The van der Waals surface area contributed by atoms with Crippen molar-refractivity contribution in [3.05, 3.63) is 84.2 Å². The Morgan fingerprint density at radius 2 is 1.90 bits per heavy atom. The van der Waals surface area contributed by atoms with Gasteiger partial charge in [-0.2, -0.15) is 0 Å². The predicted molar refractivity (Wildman–Crippen MR) is 118 cm³/mol. The van der Waals surface area contributed by atoms with Crippen LogP contribution in [0.2, 0.25) is 0 Å². The maximum Gasteiger partial charge on any atom is 0.321 e. The first-order chi connectivity index (χ1) is 15.2. The van der Waals surface area contributed by atoms with Gasteiger partial charge < -0.3 is 10.1 Å². The van der Waals surface area contributed by atoms with E-state index in [1.165, 1.54) is 11.1 Å². The van der Waals surface area contributed by atoms with E-state index < -0.39 is 0 Å². The Labute approximate surface area is 182 Å². The Hall–Kier alpha value is -3.25. The fourth-order valence-corrected chi connectivity index (χ4v) is 4.99. The van der Waals surface area contributed by atoms with E-state index in [0.717, 1.165) is 38.2 Å². The molecule has 2 saturated heterocycles. The molecule has 1 aromatic heterocycles. The Morgan fingerprint density at radius 1 is 1.06 bits per heavy atom. The number of aromatic nitrogens is 2. The number of ether oxygens (including phenoxy) is 1. The molecule has 0 bridgehead atoms. The molecule has 6 nitrogen and oxygen atoms in total. The summed E-state index contributed by atoms with van der Waals surface area (Å²) < 4.78 is 5.80. The molecule has 1 spiro atoms. The van der Waals surface area contributed by atoms with Crippen molar-refractivity contribution >= 4 is 5.91 Å². The van der Waals surface area contributed by atoms with Crippen LogP contribution in [0.5, 0.6) is 11.8 Å². The minimum Gasteiger partial charge on any atom is -0.424 e. The van der Waals surface area contributed by atoms with Crippen molar-refractivity contribution in [3.63, 3.8) is 0 Å². The summed E-state index contributed by atoms with van der Waals surface area (Å²) in [7, 11) is 0. The zero-order chi connectivity index (χ0) is 21.1. The molecule has 6 heteroatoms. The molecule has 1 amide bonds. The van der Waals surface area contributed by atoms with Gasteiger partial charge in [0.1, 0.15) is 5.75 Å². The van der Waals surface area contributed by atoms with Crippen LogP contribution in [0.15, 0.2) is 73.1 Å². The molecule has 5 rings (SSSR count). The third-order valence-corrected chi connectivity index (χ3v) is 6.29. The first-order valence-electron chi connectivity index (χ1n) is 10.8. The van der Waals surface area contributed by atoms with Crippen molar-refractivity contribution in [2.45, 2.75) is 37.3 Å². The van der Waals surface area contributed by atoms with Crippen molar-refractivity contribution in [2.75, 3.05) is 13.1 Å². The van der Waals surface area contributed by atoms with E-state index in [2.05, 4.69) is 50.5 Å². The van der Waals surface area contributed by atoms with E-state index in [1.54, 1.807) is 18.5 Å². The quantitative estimate of drug-likeness (QED) is 0.686. The van der Waals surface area contributed by atoms with Gasteiger partial charge in [-0.25, -0.2) is 9.97 Å². The number of likely N-dealkylation sites (tertiary alicyclic amines) is 1. The van der Waals surface area contributed by atoms with Crippen molar-refractivity contribution in [2.24, 2.45) is 0 Å². The highest BCUT2D eigenvalue weighted by Gasteiger charge is 2.49. The maximum atomic E-state index is 12.3. The molecule has 0 aliphatic carbocycles. The fraction of sp³-hybridized carbons (Fsp3) is 0.320. The SMILES string of the molecule is O=C1CCC[C@]2(CN(Cc3cccc(Oc4ncccn4)c3)C[C@H]2c2ccccc2)N1. The summed E-state index contributed by atoms with van der Waals surface area (Å²) in [5.74, 6) is 1.19. The number of benzene rings is 2. The molecule has 2 aliphatic heterocycles. The van der Waals surface area contributed by atoms with E-state index in [1.807, 2.05) is 24.3 Å². The molecular formula is C25H26N4O2. The van der Waals surface area contributed by atoms with Crippen LogP contribution in [0.4, 0.5) is 0 Å². The van der Waals surface area contributed by atoms with Crippen LogP contribution in [0.3, 0.4) is 0 Å². The minimum absolute atomic E-state index is 0.173. The number of carbonyl (C=O) groups excluding carboxylic acids is 1. The average molecular weight is 415 g/mol. The lowest BCUT2D eigenvalue weighted by Crippen LogP contribution is -2.56. The Kier molecular flexibility index (Phi) is 5.38. The smallest absolute Gasteiger partial charge is 0.321 e. The Balaban J connectivity index is 1.35. The summed E-state index contributed by atoms with van der Waals surface area (Å²) in [4.78, 5) is 23.0. The Morgan fingerprint density at radius 3 is 2.71 bits per heavy atom. The first-order valence-corrected chi connectivity index (χ1v) is 10.8. The van der Waals surface area contributed by atoms with Gasteiger partial charge in [-0.15, -0.1) is 0 Å². The van der Waals surface area contributed by atoms with Crippen molar-refractivity contribution in [1.29, 1.82) is 0 Å². The van der Waals surface area contributed by atoms with E-state index >= 15 is 0 Å². The molecule has 2 aliphatic rings. The van der Waals surface area contributed by atoms with Gasteiger partial charge in [0.15, 0.2) is 0 Å². The standard InChI is InChI=1S/C25H26N4O2/c30-23-11-5-12-25(28-23)18-29(17-22(25)20-8-2-1-3-9-20)16-19-7-4-10-21(15-19)31-24-26-13-6-14-27-24/h1-4,6-10,13-15,22H,5,11-12,16-18H2,(H,28,30)/t22-,25+/m0/s1. The molecule has 3 heterocycles. The van der Waals surface area contributed by atoms with Gasteiger partial charge in [0, 0.05) is 44.4 Å². The van der Waals surface area contributed by atoms with Gasteiger partial charge in [0.05, 0.1) is 5.54 Å². The van der Waals surface area contributed by atoms with Crippen LogP contribution in [0.1, 0.15) is 36.3 Å². The third kappa shape index (κ3) is 4.30. The van der Waals surface area contributed by atoms with Crippen LogP contribution in [0, 0.1) is 0 Å². The topological polar surface area (TPSA) is 67.4 Å². The summed E-state index contributed by atoms with van der Waals surface area (Å²) in [6.07, 6.45) is 5.92. The number of carbonyl (C=O) groups is 1. The molecular weight excluding hydrogens is 388 g/mol. The first kappa shape index (κ1) is 19.7. The van der Waals surface area contributed by atoms with Gasteiger partial charge in [-0.1, -0.05) is 42.5 Å². The number of hydrogen-bond donors (Lipinski definition) is 1. The Bertz CT molecular complexity index is 1040. The zero-order valence-electron chi connectivity index (χ0n) is 17.4. The molecule has 2 aromatic carbocycles. The maximum absolute atomic E-state index is 12.3. The monoisotopic (exact) mass is 414 g/mol. The number of nitrogens with one attached hydrogen (secondary N) is 1. The normalized spacial score (nSPS) is 23.6. The summed E-state index contributed by atoms with van der Waals surface area (Å²) in [6, 6.07) is 20.8. The van der Waals surface area contributed by atoms with Crippen LogP contribution in [-0.2, 0) is 11.3 Å². The van der Waals surface area contributed by atoms with Crippen molar-refractivity contribution in [1.82, 2.24) is 20.2 Å². The van der Waals surface area contributed by atoms with Crippen molar-refractivity contribution in [3.8, 4) is 11.8 Å². The predicted octanol–water partition coefficient (Wildman–Crippen LogP) is 3.91. The minimum atomic E-state index is -0.192. The second-order valence-electron chi connectivity index (χ2n) is 8.47. The number of piperidine rings is 1. The molecule has 1 N–H and O–H groups in total. The van der Waals surface area contributed by atoms with Gasteiger partial charge in [-0.3, -0.25) is 9.69 Å². The van der Waals surface area contributed by atoms with Crippen LogP contribution in [-0.4, -0.2) is 39.4 Å². The molecule has 2 fully saturated rings. The van der Waals surface area contributed by atoms with E-state index in [0.29, 0.717) is 12.4 Å². The van der Waals surface area contributed by atoms with Gasteiger partial charge in [-0.05, 0) is 42.2 Å². The summed E-state index contributed by atoms with van der Waals surface area (Å²) >= 11 is 0. The number of nitrogens with zero attached hydrogens (tertiary/aromatic N) is 3. The molecule has 31 heavy (non-hydrogen) atoms. The van der Waals surface area contributed by atoms with E-state index in [9.17, 15) is 4.79 Å². The highest BCUT2D eigenvalue weighted by atomic mass is 16.5. The third-order valence-electron chi connectivity index (χ3n) is 6.29. The van der Waals surface area contributed by atoms with Crippen LogP contribution < -0.4 is 10.1 Å². The lowest BCUT2D eigenvalue weighted by molar-refractivity contribution is -0.125. The summed E-state index contributed by atoms with van der Waals surface area (Å²) in [5, 5.41) is 3.38. The highest BCUT2D eigenvalue weighted by Crippen LogP contribution is 2.41.